The molecule has 10 heteroatoms. The SMILES string of the molecule is CC1(C)[C@H]2CC[C@]1(CSCCO)/C(=N\Nc1ccc([N+](=O)[O-])cc1[N+](=O)[O-])C2. The zero-order chi connectivity index (χ0) is 20.5. The van der Waals surface area contributed by atoms with Crippen molar-refractivity contribution in [3.63, 3.8) is 0 Å². The number of hydrogen-bond donors (Lipinski definition) is 2. The highest BCUT2D eigenvalue weighted by atomic mass is 32.2. The third kappa shape index (κ3) is 3.35. The summed E-state index contributed by atoms with van der Waals surface area (Å²) in [5, 5.41) is 35.9. The van der Waals surface area contributed by atoms with Gasteiger partial charge >= 0.3 is 5.69 Å². The molecular formula is C18H24N4O5S. The maximum absolute atomic E-state index is 11.3. The fourth-order valence-corrected chi connectivity index (χ4v) is 5.91. The number of aliphatic hydroxyl groups excluding tert-OH is 1. The van der Waals surface area contributed by atoms with Gasteiger partial charge in [-0.3, -0.25) is 25.7 Å². The monoisotopic (exact) mass is 408 g/mol. The van der Waals surface area contributed by atoms with Gasteiger partial charge in [0.15, 0.2) is 0 Å². The van der Waals surface area contributed by atoms with E-state index in [1.165, 1.54) is 12.1 Å². The average Bonchev–Trinajstić information content (AvgIpc) is 3.01. The molecule has 0 aromatic heterocycles. The number of nitro groups is 2. The van der Waals surface area contributed by atoms with Crippen molar-refractivity contribution >= 4 is 34.5 Å². The first-order chi connectivity index (χ1) is 13.2. The molecule has 3 rings (SSSR count). The number of nitro benzene ring substituents is 2. The Hall–Kier alpha value is -2.20. The molecule has 0 aliphatic heterocycles. The highest BCUT2D eigenvalue weighted by Crippen LogP contribution is 2.65. The molecule has 2 aliphatic rings. The van der Waals surface area contributed by atoms with Gasteiger partial charge < -0.3 is 5.11 Å². The van der Waals surface area contributed by atoms with E-state index in [1.54, 1.807) is 11.8 Å². The number of benzene rings is 1. The minimum Gasteiger partial charge on any atom is -0.396 e. The van der Waals surface area contributed by atoms with Crippen LogP contribution in [0.25, 0.3) is 0 Å². The second-order valence-corrected chi connectivity index (χ2v) is 9.01. The third-order valence-corrected chi connectivity index (χ3v) is 7.62. The van der Waals surface area contributed by atoms with Crippen molar-refractivity contribution in [1.29, 1.82) is 0 Å². The normalized spacial score (nSPS) is 26.5. The van der Waals surface area contributed by atoms with E-state index < -0.39 is 9.85 Å². The summed E-state index contributed by atoms with van der Waals surface area (Å²) in [6.45, 7) is 4.63. The lowest BCUT2D eigenvalue weighted by Gasteiger charge is -2.38. The van der Waals surface area contributed by atoms with Crippen LogP contribution in [0.5, 0.6) is 0 Å². The van der Waals surface area contributed by atoms with E-state index in [4.69, 9.17) is 5.11 Å². The summed E-state index contributed by atoms with van der Waals surface area (Å²) < 4.78 is 0. The van der Waals surface area contributed by atoms with Crippen molar-refractivity contribution in [2.24, 2.45) is 21.8 Å². The maximum Gasteiger partial charge on any atom is 0.301 e. The molecule has 2 atom stereocenters. The molecule has 1 aromatic rings. The van der Waals surface area contributed by atoms with Crippen LogP contribution in [-0.4, -0.2) is 38.8 Å². The molecule has 0 radical (unpaired) electrons. The standard InChI is InChI=1S/C18H24N4O5S/c1-17(2)12-5-6-18(17,11-28-8-7-23)16(9-12)20-19-14-4-3-13(21(24)25)10-15(14)22(26)27/h3-4,10,12,19,23H,5-9,11H2,1-2H3/b20-16-/t12-,18-/m0/s1. The molecule has 2 N–H and O–H groups in total. The van der Waals surface area contributed by atoms with Gasteiger partial charge in [-0.25, -0.2) is 0 Å². The maximum atomic E-state index is 11.3. The number of aliphatic hydroxyl groups is 1. The highest BCUT2D eigenvalue weighted by molar-refractivity contribution is 7.99. The van der Waals surface area contributed by atoms with Crippen LogP contribution >= 0.6 is 11.8 Å². The fraction of sp³-hybridized carbons (Fsp3) is 0.611. The topological polar surface area (TPSA) is 131 Å². The molecule has 1 aromatic carbocycles. The predicted molar refractivity (Wildman–Crippen MR) is 109 cm³/mol. The number of hydrazone groups is 1. The van der Waals surface area contributed by atoms with E-state index in [-0.39, 0.29) is 34.5 Å². The quantitative estimate of drug-likeness (QED) is 0.380. The van der Waals surface area contributed by atoms with Gasteiger partial charge in [0.05, 0.1) is 22.5 Å². The minimum absolute atomic E-state index is 0.0668. The second kappa shape index (κ2) is 7.67. The van der Waals surface area contributed by atoms with E-state index in [1.807, 2.05) is 0 Å². The lowest BCUT2D eigenvalue weighted by atomic mass is 9.70. The number of nitrogens with one attached hydrogen (secondary N) is 1. The Balaban J connectivity index is 1.89. The fourth-order valence-electron chi connectivity index (χ4n) is 4.61. The molecular weight excluding hydrogens is 384 g/mol. The lowest BCUT2D eigenvalue weighted by Crippen LogP contribution is -2.39. The Morgan fingerprint density at radius 2 is 2.07 bits per heavy atom. The number of nitrogens with zero attached hydrogens (tertiary/aromatic N) is 3. The first-order valence-electron chi connectivity index (χ1n) is 9.17. The van der Waals surface area contributed by atoms with Crippen LogP contribution in [0.2, 0.25) is 0 Å². The molecule has 152 valence electrons. The van der Waals surface area contributed by atoms with Gasteiger partial charge in [0.1, 0.15) is 5.69 Å². The van der Waals surface area contributed by atoms with Crippen LogP contribution in [0, 0.1) is 37.0 Å². The zero-order valence-corrected chi connectivity index (χ0v) is 16.7. The van der Waals surface area contributed by atoms with E-state index in [0.717, 1.165) is 36.8 Å². The summed E-state index contributed by atoms with van der Waals surface area (Å²) in [7, 11) is 0. The summed E-state index contributed by atoms with van der Waals surface area (Å²) >= 11 is 1.70. The number of hydrogen-bond acceptors (Lipinski definition) is 8. The Morgan fingerprint density at radius 3 is 2.68 bits per heavy atom. The van der Waals surface area contributed by atoms with Crippen LogP contribution in [0.15, 0.2) is 23.3 Å². The summed E-state index contributed by atoms with van der Waals surface area (Å²) in [5.41, 5.74) is 3.19. The molecule has 28 heavy (non-hydrogen) atoms. The molecule has 2 saturated carbocycles. The number of thioether (sulfide) groups is 1. The molecule has 0 amide bonds. The van der Waals surface area contributed by atoms with E-state index in [0.29, 0.717) is 11.7 Å². The smallest absolute Gasteiger partial charge is 0.301 e. The van der Waals surface area contributed by atoms with Crippen molar-refractivity contribution < 1.29 is 15.0 Å². The zero-order valence-electron chi connectivity index (χ0n) is 15.9. The third-order valence-electron chi connectivity index (χ3n) is 6.45. The van der Waals surface area contributed by atoms with Crippen molar-refractivity contribution in [2.45, 2.75) is 33.1 Å². The summed E-state index contributed by atoms with van der Waals surface area (Å²) in [5.74, 6) is 2.02. The van der Waals surface area contributed by atoms with Gasteiger partial charge in [0.2, 0.25) is 0 Å². The highest BCUT2D eigenvalue weighted by Gasteiger charge is 2.62. The summed E-state index contributed by atoms with van der Waals surface area (Å²) in [6, 6.07) is 3.50. The van der Waals surface area contributed by atoms with Crippen molar-refractivity contribution in [1.82, 2.24) is 0 Å². The molecule has 0 saturated heterocycles. The number of non-ortho nitro benzene ring substituents is 1. The molecule has 2 aliphatic carbocycles. The Bertz CT molecular complexity index is 828. The van der Waals surface area contributed by atoms with E-state index >= 15 is 0 Å². The van der Waals surface area contributed by atoms with Crippen LogP contribution in [0.1, 0.15) is 33.1 Å². The minimum atomic E-state index is -0.658. The second-order valence-electron chi connectivity index (χ2n) is 7.91. The van der Waals surface area contributed by atoms with Crippen LogP contribution in [0.4, 0.5) is 17.1 Å². The lowest BCUT2D eigenvalue weighted by molar-refractivity contribution is -0.393. The Kier molecular flexibility index (Phi) is 5.62. The average molecular weight is 408 g/mol. The Labute approximate surface area is 166 Å². The van der Waals surface area contributed by atoms with E-state index in [9.17, 15) is 20.2 Å². The van der Waals surface area contributed by atoms with E-state index in [2.05, 4.69) is 24.4 Å². The van der Waals surface area contributed by atoms with Crippen LogP contribution < -0.4 is 5.43 Å². The molecule has 2 bridgehead atoms. The molecule has 0 unspecified atom stereocenters. The van der Waals surface area contributed by atoms with Gasteiger partial charge in [-0.15, -0.1) is 0 Å². The predicted octanol–water partition coefficient (Wildman–Crippen LogP) is 3.82. The van der Waals surface area contributed by atoms with Gasteiger partial charge in [0.25, 0.3) is 5.69 Å². The number of anilines is 1. The first-order valence-corrected chi connectivity index (χ1v) is 10.3. The van der Waals surface area contributed by atoms with Gasteiger partial charge in [0, 0.05) is 28.7 Å². The van der Waals surface area contributed by atoms with Gasteiger partial charge in [-0.1, -0.05) is 13.8 Å². The van der Waals surface area contributed by atoms with Gasteiger partial charge in [-0.05, 0) is 36.7 Å². The molecule has 0 heterocycles. The number of rotatable bonds is 8. The summed E-state index contributed by atoms with van der Waals surface area (Å²) in [6.07, 6.45) is 2.97. The molecule has 0 spiro atoms. The number of fused-ring (bicyclic) bond motifs is 2. The molecule has 2 fully saturated rings. The van der Waals surface area contributed by atoms with Crippen LogP contribution in [0.3, 0.4) is 0 Å². The van der Waals surface area contributed by atoms with Crippen molar-refractivity contribution in [3.8, 4) is 0 Å². The van der Waals surface area contributed by atoms with Gasteiger partial charge in [-0.2, -0.15) is 16.9 Å². The van der Waals surface area contributed by atoms with Crippen LogP contribution in [-0.2, 0) is 0 Å². The van der Waals surface area contributed by atoms with Crippen molar-refractivity contribution in [2.75, 3.05) is 23.5 Å². The van der Waals surface area contributed by atoms with Crippen molar-refractivity contribution in [3.05, 3.63) is 38.4 Å². The Morgan fingerprint density at radius 1 is 1.32 bits per heavy atom. The largest absolute Gasteiger partial charge is 0.396 e. The summed E-state index contributed by atoms with van der Waals surface area (Å²) in [4.78, 5) is 20.9. The first kappa shape index (κ1) is 20.5. The molecule has 9 nitrogen and oxygen atoms in total.